The van der Waals surface area contributed by atoms with E-state index in [1.54, 1.807) is 13.0 Å². The third kappa shape index (κ3) is 3.28. The predicted molar refractivity (Wildman–Crippen MR) is 63.5 cm³/mol. The lowest BCUT2D eigenvalue weighted by Gasteiger charge is -2.09. The number of aryl methyl sites for hydroxylation is 1. The van der Waals surface area contributed by atoms with Crippen LogP contribution in [-0.4, -0.2) is 17.4 Å². The number of pyridine rings is 1. The lowest BCUT2D eigenvalue weighted by molar-refractivity contribution is -0.119. The number of nitrogens with zero attached hydrogens (tertiary/aromatic N) is 1. The average molecular weight is 272 g/mol. The molecule has 0 spiro atoms. The number of halogens is 1. The van der Waals surface area contributed by atoms with Crippen LogP contribution in [0.15, 0.2) is 16.6 Å². The van der Waals surface area contributed by atoms with Crippen LogP contribution in [0.2, 0.25) is 0 Å². The van der Waals surface area contributed by atoms with E-state index < -0.39 is 0 Å². The van der Waals surface area contributed by atoms with Crippen molar-refractivity contribution in [2.45, 2.75) is 13.8 Å². The second kappa shape index (κ2) is 5.23. The van der Waals surface area contributed by atoms with Gasteiger partial charge in [-0.25, -0.2) is 4.98 Å². The molecule has 15 heavy (non-hydrogen) atoms. The monoisotopic (exact) mass is 271 g/mol. The number of carbonyl (C=O) groups is 1. The molecule has 3 N–H and O–H groups in total. The highest BCUT2D eigenvalue weighted by Gasteiger charge is 2.11. The molecule has 0 aliphatic heterocycles. The van der Waals surface area contributed by atoms with Gasteiger partial charge in [-0.15, -0.1) is 0 Å². The zero-order chi connectivity index (χ0) is 11.4. The van der Waals surface area contributed by atoms with Crippen LogP contribution in [0.3, 0.4) is 0 Å². The Kier molecular flexibility index (Phi) is 4.23. The zero-order valence-corrected chi connectivity index (χ0v) is 10.3. The fourth-order valence-corrected chi connectivity index (χ4v) is 1.19. The van der Waals surface area contributed by atoms with E-state index in [0.29, 0.717) is 12.4 Å². The van der Waals surface area contributed by atoms with E-state index in [4.69, 9.17) is 5.73 Å². The van der Waals surface area contributed by atoms with Crippen LogP contribution in [0.25, 0.3) is 0 Å². The van der Waals surface area contributed by atoms with Gasteiger partial charge in [-0.05, 0) is 35.0 Å². The van der Waals surface area contributed by atoms with Crippen LogP contribution in [0.1, 0.15) is 12.6 Å². The van der Waals surface area contributed by atoms with E-state index in [2.05, 4.69) is 26.2 Å². The molecule has 1 unspecified atom stereocenters. The molecule has 4 nitrogen and oxygen atoms in total. The van der Waals surface area contributed by atoms with Crippen molar-refractivity contribution in [3.63, 3.8) is 0 Å². The highest BCUT2D eigenvalue weighted by atomic mass is 79.9. The normalized spacial score (nSPS) is 12.3. The van der Waals surface area contributed by atoms with E-state index in [1.807, 2.05) is 13.0 Å². The average Bonchev–Trinajstić information content (AvgIpc) is 2.22. The quantitative estimate of drug-likeness (QED) is 0.879. The van der Waals surface area contributed by atoms with Crippen molar-refractivity contribution in [3.8, 4) is 0 Å². The fraction of sp³-hybridized carbons (Fsp3) is 0.400. The lowest BCUT2D eigenvalue weighted by Crippen LogP contribution is -2.27. The number of hydrogen-bond acceptors (Lipinski definition) is 3. The number of nitrogens with two attached hydrogens (primary N) is 1. The first kappa shape index (κ1) is 12.1. The minimum Gasteiger partial charge on any atom is -0.330 e. The molecule has 1 rings (SSSR count). The molecule has 1 amide bonds. The molecule has 5 heteroatoms. The first-order valence-corrected chi connectivity index (χ1v) is 5.48. The molecule has 0 aliphatic carbocycles. The van der Waals surface area contributed by atoms with E-state index in [1.165, 1.54) is 0 Å². The van der Waals surface area contributed by atoms with Gasteiger partial charge in [0.25, 0.3) is 0 Å². The summed E-state index contributed by atoms with van der Waals surface area (Å²) >= 11 is 3.34. The Bertz CT molecular complexity index is 368. The number of hydrogen-bond donors (Lipinski definition) is 2. The number of carbonyl (C=O) groups excluding carboxylic acids is 1. The van der Waals surface area contributed by atoms with Gasteiger partial charge in [0.15, 0.2) is 0 Å². The Labute approximate surface area is 97.4 Å². The van der Waals surface area contributed by atoms with Crippen molar-refractivity contribution in [2.24, 2.45) is 11.7 Å². The van der Waals surface area contributed by atoms with Crippen LogP contribution in [0.5, 0.6) is 0 Å². The highest BCUT2D eigenvalue weighted by molar-refractivity contribution is 9.10. The molecule has 1 atom stereocenters. The molecule has 0 aromatic carbocycles. The van der Waals surface area contributed by atoms with Crippen LogP contribution < -0.4 is 11.1 Å². The molecule has 1 aromatic rings. The maximum Gasteiger partial charge on any atom is 0.229 e. The van der Waals surface area contributed by atoms with E-state index >= 15 is 0 Å². The Morgan fingerprint density at radius 1 is 1.67 bits per heavy atom. The molecular formula is C10H14BrN3O. The summed E-state index contributed by atoms with van der Waals surface area (Å²) in [7, 11) is 0. The molecule has 1 aromatic heterocycles. The predicted octanol–water partition coefficient (Wildman–Crippen LogP) is 1.69. The van der Waals surface area contributed by atoms with Crippen LogP contribution in [0, 0.1) is 12.8 Å². The lowest BCUT2D eigenvalue weighted by atomic mass is 10.2. The Morgan fingerprint density at radius 3 is 2.87 bits per heavy atom. The summed E-state index contributed by atoms with van der Waals surface area (Å²) in [6, 6.07) is 3.60. The van der Waals surface area contributed by atoms with Gasteiger partial charge in [-0.1, -0.05) is 6.92 Å². The summed E-state index contributed by atoms with van der Waals surface area (Å²) in [5, 5.41) is 2.71. The van der Waals surface area contributed by atoms with Crippen molar-refractivity contribution < 1.29 is 4.79 Å². The first-order valence-electron chi connectivity index (χ1n) is 4.68. The van der Waals surface area contributed by atoms with Crippen molar-refractivity contribution in [1.29, 1.82) is 0 Å². The van der Waals surface area contributed by atoms with Crippen LogP contribution >= 0.6 is 15.9 Å². The van der Waals surface area contributed by atoms with Gasteiger partial charge in [0, 0.05) is 16.9 Å². The summed E-state index contributed by atoms with van der Waals surface area (Å²) in [4.78, 5) is 15.7. The van der Waals surface area contributed by atoms with Gasteiger partial charge < -0.3 is 11.1 Å². The van der Waals surface area contributed by atoms with Crippen molar-refractivity contribution in [2.75, 3.05) is 11.9 Å². The largest absolute Gasteiger partial charge is 0.330 e. The number of anilines is 1. The minimum atomic E-state index is -0.198. The first-order chi connectivity index (χ1) is 7.04. The van der Waals surface area contributed by atoms with Crippen molar-refractivity contribution >= 4 is 27.7 Å². The summed E-state index contributed by atoms with van der Waals surface area (Å²) in [5.41, 5.74) is 6.23. The fourth-order valence-electron chi connectivity index (χ4n) is 0.970. The summed E-state index contributed by atoms with van der Waals surface area (Å²) < 4.78 is 0.923. The summed E-state index contributed by atoms with van der Waals surface area (Å²) in [6.45, 7) is 3.98. The third-order valence-electron chi connectivity index (χ3n) is 2.07. The van der Waals surface area contributed by atoms with Crippen molar-refractivity contribution in [1.82, 2.24) is 4.98 Å². The van der Waals surface area contributed by atoms with Gasteiger partial charge in [-0.2, -0.15) is 0 Å². The van der Waals surface area contributed by atoms with Gasteiger partial charge in [-0.3, -0.25) is 4.79 Å². The van der Waals surface area contributed by atoms with Gasteiger partial charge in [0.2, 0.25) is 5.91 Å². The Hall–Kier alpha value is -0.940. The SMILES string of the molecule is Cc1nc(NC(=O)C(C)CN)ccc1Br. The second-order valence-corrected chi connectivity index (χ2v) is 4.24. The maximum absolute atomic E-state index is 11.5. The molecule has 0 radical (unpaired) electrons. The number of amides is 1. The van der Waals surface area contributed by atoms with E-state index in [9.17, 15) is 4.79 Å². The number of aromatic nitrogens is 1. The molecule has 0 saturated carbocycles. The van der Waals surface area contributed by atoms with Crippen LogP contribution in [-0.2, 0) is 4.79 Å². The summed E-state index contributed by atoms with van der Waals surface area (Å²) in [5.74, 6) is 0.253. The molecule has 0 bridgehead atoms. The molecule has 0 aliphatic rings. The van der Waals surface area contributed by atoms with E-state index in [-0.39, 0.29) is 11.8 Å². The molecular weight excluding hydrogens is 258 g/mol. The third-order valence-corrected chi connectivity index (χ3v) is 2.91. The molecule has 1 heterocycles. The smallest absolute Gasteiger partial charge is 0.229 e. The van der Waals surface area contributed by atoms with Crippen molar-refractivity contribution in [3.05, 3.63) is 22.3 Å². The van der Waals surface area contributed by atoms with Gasteiger partial charge >= 0.3 is 0 Å². The molecule has 82 valence electrons. The topological polar surface area (TPSA) is 68.0 Å². The molecule has 0 saturated heterocycles. The highest BCUT2D eigenvalue weighted by Crippen LogP contribution is 2.16. The second-order valence-electron chi connectivity index (χ2n) is 3.39. The summed E-state index contributed by atoms with van der Waals surface area (Å²) in [6.07, 6.45) is 0. The minimum absolute atomic E-state index is 0.105. The number of rotatable bonds is 3. The van der Waals surface area contributed by atoms with Gasteiger partial charge in [0.05, 0.1) is 5.69 Å². The molecule has 0 fully saturated rings. The number of nitrogens with one attached hydrogen (secondary N) is 1. The Morgan fingerprint density at radius 2 is 2.33 bits per heavy atom. The van der Waals surface area contributed by atoms with E-state index in [0.717, 1.165) is 10.2 Å². The maximum atomic E-state index is 11.5. The standard InChI is InChI=1S/C10H14BrN3O/c1-6(5-12)10(15)14-9-4-3-8(11)7(2)13-9/h3-4,6H,5,12H2,1-2H3,(H,13,14,15). The Balaban J connectivity index is 2.73. The van der Waals surface area contributed by atoms with Gasteiger partial charge in [0.1, 0.15) is 5.82 Å². The van der Waals surface area contributed by atoms with Crippen LogP contribution in [0.4, 0.5) is 5.82 Å². The zero-order valence-electron chi connectivity index (χ0n) is 8.75.